The highest BCUT2D eigenvalue weighted by Crippen LogP contribution is 2.20. The molecule has 1 aliphatic heterocycles. The lowest BCUT2D eigenvalue weighted by Crippen LogP contribution is -2.35. The quantitative estimate of drug-likeness (QED) is 0.709. The van der Waals surface area contributed by atoms with Gasteiger partial charge in [-0.3, -0.25) is 4.72 Å². The van der Waals surface area contributed by atoms with Gasteiger partial charge in [0.25, 0.3) is 10.0 Å². The van der Waals surface area contributed by atoms with Gasteiger partial charge < -0.3 is 10.2 Å². The predicted molar refractivity (Wildman–Crippen MR) is 110 cm³/mol. The lowest BCUT2D eigenvalue weighted by molar-refractivity contribution is 0.214. The fourth-order valence-corrected chi connectivity index (χ4v) is 4.25. The standard InChI is InChI=1S/C19H22BrN3O3S/c20-15-5-7-17(8-6-15)22-27(25,26)18-11-9-16(10-12-18)21-19(24)23-13-3-1-2-4-14-23/h5-12,22H,1-4,13-14H2,(H,21,24). The summed E-state index contributed by atoms with van der Waals surface area (Å²) in [5.74, 6) is 0. The van der Waals surface area contributed by atoms with E-state index in [1.165, 1.54) is 12.1 Å². The molecule has 0 aromatic heterocycles. The summed E-state index contributed by atoms with van der Waals surface area (Å²) in [7, 11) is -3.69. The van der Waals surface area contributed by atoms with Crippen LogP contribution in [-0.4, -0.2) is 32.4 Å². The van der Waals surface area contributed by atoms with Crippen LogP contribution < -0.4 is 10.0 Å². The average Bonchev–Trinajstić information content (AvgIpc) is 2.93. The molecule has 0 radical (unpaired) electrons. The minimum absolute atomic E-state index is 0.137. The molecule has 1 saturated heterocycles. The van der Waals surface area contributed by atoms with Crippen LogP contribution in [0.25, 0.3) is 0 Å². The van der Waals surface area contributed by atoms with Gasteiger partial charge in [-0.25, -0.2) is 13.2 Å². The van der Waals surface area contributed by atoms with Crippen molar-refractivity contribution in [2.24, 2.45) is 0 Å². The molecule has 2 amide bonds. The van der Waals surface area contributed by atoms with Crippen molar-refractivity contribution < 1.29 is 13.2 Å². The maximum Gasteiger partial charge on any atom is 0.321 e. The number of anilines is 2. The molecule has 2 N–H and O–H groups in total. The lowest BCUT2D eigenvalue weighted by atomic mass is 10.2. The van der Waals surface area contributed by atoms with Gasteiger partial charge in [-0.1, -0.05) is 28.8 Å². The van der Waals surface area contributed by atoms with Crippen LogP contribution in [0.2, 0.25) is 0 Å². The predicted octanol–water partition coefficient (Wildman–Crippen LogP) is 4.66. The fourth-order valence-electron chi connectivity index (χ4n) is 2.93. The van der Waals surface area contributed by atoms with Gasteiger partial charge in [-0.15, -0.1) is 0 Å². The highest BCUT2D eigenvalue weighted by atomic mass is 79.9. The van der Waals surface area contributed by atoms with Gasteiger partial charge in [-0.2, -0.15) is 0 Å². The van der Waals surface area contributed by atoms with Crippen LogP contribution in [0.1, 0.15) is 25.7 Å². The van der Waals surface area contributed by atoms with E-state index < -0.39 is 10.0 Å². The summed E-state index contributed by atoms with van der Waals surface area (Å²) in [6.07, 6.45) is 4.35. The van der Waals surface area contributed by atoms with E-state index >= 15 is 0 Å². The number of hydrogen-bond donors (Lipinski definition) is 2. The Bertz CT molecular complexity index is 875. The number of carbonyl (C=O) groups excluding carboxylic acids is 1. The van der Waals surface area contributed by atoms with Gasteiger partial charge in [0.2, 0.25) is 0 Å². The van der Waals surface area contributed by atoms with Crippen LogP contribution in [0.3, 0.4) is 0 Å². The number of carbonyl (C=O) groups is 1. The number of hydrogen-bond acceptors (Lipinski definition) is 3. The molecule has 0 unspecified atom stereocenters. The molecule has 3 rings (SSSR count). The largest absolute Gasteiger partial charge is 0.325 e. The SMILES string of the molecule is O=C(Nc1ccc(S(=O)(=O)Nc2ccc(Br)cc2)cc1)N1CCCCCC1. The van der Waals surface area contributed by atoms with Gasteiger partial charge in [0.05, 0.1) is 4.90 Å². The van der Waals surface area contributed by atoms with Gasteiger partial charge in [-0.05, 0) is 61.4 Å². The van der Waals surface area contributed by atoms with E-state index in [1.807, 2.05) is 4.90 Å². The van der Waals surface area contributed by atoms with E-state index in [1.54, 1.807) is 36.4 Å². The van der Waals surface area contributed by atoms with Crippen LogP contribution in [0.15, 0.2) is 57.9 Å². The van der Waals surface area contributed by atoms with Crippen LogP contribution >= 0.6 is 15.9 Å². The molecule has 6 nitrogen and oxygen atoms in total. The number of benzene rings is 2. The number of nitrogens with one attached hydrogen (secondary N) is 2. The number of rotatable bonds is 4. The van der Waals surface area contributed by atoms with Crippen molar-refractivity contribution in [2.45, 2.75) is 30.6 Å². The molecule has 2 aromatic rings. The molecular weight excluding hydrogens is 430 g/mol. The van der Waals surface area contributed by atoms with E-state index in [0.29, 0.717) is 11.4 Å². The molecule has 1 heterocycles. The Labute approximate surface area is 168 Å². The van der Waals surface area contributed by atoms with Crippen molar-refractivity contribution in [2.75, 3.05) is 23.1 Å². The summed E-state index contributed by atoms with van der Waals surface area (Å²) in [6.45, 7) is 1.52. The second-order valence-electron chi connectivity index (χ2n) is 6.47. The fraction of sp³-hybridized carbons (Fsp3) is 0.316. The Balaban J connectivity index is 1.65. The van der Waals surface area contributed by atoms with E-state index in [4.69, 9.17) is 0 Å². The zero-order valence-corrected chi connectivity index (χ0v) is 17.2. The van der Waals surface area contributed by atoms with Gasteiger partial charge >= 0.3 is 6.03 Å². The third kappa shape index (κ3) is 5.46. The minimum Gasteiger partial charge on any atom is -0.325 e. The number of halogens is 1. The first-order valence-corrected chi connectivity index (χ1v) is 11.2. The average molecular weight is 452 g/mol. The van der Waals surface area contributed by atoms with Crippen molar-refractivity contribution in [1.82, 2.24) is 4.90 Å². The number of urea groups is 1. The minimum atomic E-state index is -3.69. The van der Waals surface area contributed by atoms with Gasteiger partial charge in [0.15, 0.2) is 0 Å². The molecule has 0 spiro atoms. The topological polar surface area (TPSA) is 78.5 Å². The summed E-state index contributed by atoms with van der Waals surface area (Å²) in [5, 5.41) is 2.84. The van der Waals surface area contributed by atoms with Crippen molar-refractivity contribution in [3.8, 4) is 0 Å². The van der Waals surface area contributed by atoms with E-state index in [2.05, 4.69) is 26.0 Å². The lowest BCUT2D eigenvalue weighted by Gasteiger charge is -2.20. The number of amides is 2. The highest BCUT2D eigenvalue weighted by molar-refractivity contribution is 9.10. The van der Waals surface area contributed by atoms with E-state index in [-0.39, 0.29) is 10.9 Å². The first kappa shape index (κ1) is 19.7. The molecule has 0 atom stereocenters. The van der Waals surface area contributed by atoms with E-state index in [0.717, 1.165) is 43.2 Å². The van der Waals surface area contributed by atoms with Crippen molar-refractivity contribution in [3.05, 3.63) is 53.0 Å². The molecule has 144 valence electrons. The third-order valence-corrected chi connectivity index (χ3v) is 6.33. The summed E-state index contributed by atoms with van der Waals surface area (Å²) in [4.78, 5) is 14.3. The second-order valence-corrected chi connectivity index (χ2v) is 9.07. The molecule has 2 aromatic carbocycles. The Morgan fingerprint density at radius 2 is 1.41 bits per heavy atom. The van der Waals surface area contributed by atoms with Crippen LogP contribution in [0, 0.1) is 0 Å². The molecule has 1 fully saturated rings. The van der Waals surface area contributed by atoms with Crippen molar-refractivity contribution in [1.29, 1.82) is 0 Å². The number of nitrogens with zero attached hydrogens (tertiary/aromatic N) is 1. The second kappa shape index (κ2) is 8.75. The molecular formula is C19H22BrN3O3S. The molecule has 1 aliphatic rings. The summed E-state index contributed by atoms with van der Waals surface area (Å²) < 4.78 is 28.4. The smallest absolute Gasteiger partial charge is 0.321 e. The summed E-state index contributed by atoms with van der Waals surface area (Å²) >= 11 is 3.32. The first-order valence-electron chi connectivity index (χ1n) is 8.88. The first-order chi connectivity index (χ1) is 12.9. The maximum atomic E-state index is 12.5. The normalized spacial score (nSPS) is 15.1. The summed E-state index contributed by atoms with van der Waals surface area (Å²) in [5.41, 5.74) is 1.06. The molecule has 8 heteroatoms. The zero-order chi connectivity index (χ0) is 19.3. The Kier molecular flexibility index (Phi) is 6.38. The van der Waals surface area contributed by atoms with Crippen LogP contribution in [-0.2, 0) is 10.0 Å². The number of likely N-dealkylation sites (tertiary alicyclic amines) is 1. The van der Waals surface area contributed by atoms with Crippen LogP contribution in [0.5, 0.6) is 0 Å². The third-order valence-electron chi connectivity index (χ3n) is 4.41. The molecule has 0 bridgehead atoms. The maximum absolute atomic E-state index is 12.5. The van der Waals surface area contributed by atoms with Gasteiger partial charge in [0, 0.05) is 28.9 Å². The number of sulfonamides is 1. The Hall–Kier alpha value is -2.06. The molecule has 0 saturated carbocycles. The van der Waals surface area contributed by atoms with E-state index in [9.17, 15) is 13.2 Å². The molecule has 27 heavy (non-hydrogen) atoms. The summed E-state index contributed by atoms with van der Waals surface area (Å²) in [6, 6.07) is 12.9. The Morgan fingerprint density at radius 1 is 0.852 bits per heavy atom. The zero-order valence-electron chi connectivity index (χ0n) is 14.8. The Morgan fingerprint density at radius 3 is 2.00 bits per heavy atom. The van der Waals surface area contributed by atoms with Gasteiger partial charge in [0.1, 0.15) is 0 Å². The monoisotopic (exact) mass is 451 g/mol. The molecule has 0 aliphatic carbocycles. The van der Waals surface area contributed by atoms with Crippen LogP contribution in [0.4, 0.5) is 16.2 Å². The van der Waals surface area contributed by atoms with Crippen molar-refractivity contribution >= 4 is 43.4 Å². The van der Waals surface area contributed by atoms with Crippen molar-refractivity contribution in [3.63, 3.8) is 0 Å². The highest BCUT2D eigenvalue weighted by Gasteiger charge is 2.17.